The molecule has 0 radical (unpaired) electrons. The molecule has 4 nitrogen and oxygen atoms in total. The molecular weight excluding hydrogens is 146 g/mol. The van der Waals surface area contributed by atoms with Crippen LogP contribution in [0.2, 0.25) is 0 Å². The van der Waals surface area contributed by atoms with Crippen LogP contribution in [0.4, 0.5) is 0 Å². The number of nitriles is 1. The number of hydrogen-bond donors (Lipinski definition) is 0. The van der Waals surface area contributed by atoms with Crippen LogP contribution in [-0.4, -0.2) is 18.4 Å². The van der Waals surface area contributed by atoms with Crippen molar-refractivity contribution in [3.63, 3.8) is 0 Å². The van der Waals surface area contributed by atoms with E-state index in [1.54, 1.807) is 13.0 Å². The van der Waals surface area contributed by atoms with Crippen molar-refractivity contribution in [2.45, 2.75) is 13.8 Å². The van der Waals surface area contributed by atoms with Gasteiger partial charge in [-0.1, -0.05) is 0 Å². The van der Waals surface area contributed by atoms with Crippen LogP contribution in [0.1, 0.15) is 13.8 Å². The number of carbonyl (C=O) groups is 2. The molecule has 0 aliphatic rings. The van der Waals surface area contributed by atoms with Gasteiger partial charge >= 0.3 is 5.97 Å². The fraction of sp³-hybridized carbons (Fsp3) is 0.571. The van der Waals surface area contributed by atoms with Crippen molar-refractivity contribution in [2.75, 3.05) is 6.61 Å². The second-order valence-electron chi connectivity index (χ2n) is 1.92. The van der Waals surface area contributed by atoms with E-state index < -0.39 is 17.7 Å². The molecule has 0 aliphatic carbocycles. The Hall–Kier alpha value is -1.37. The summed E-state index contributed by atoms with van der Waals surface area (Å²) in [6.45, 7) is 2.99. The standard InChI is InChI=1S/C7H9NO3/c1-3-11-7(10)6(4-8)5(2)9/h6H,3H2,1-2H3. The Bertz CT molecular complexity index is 204. The largest absolute Gasteiger partial charge is 0.465 e. The fourth-order valence-corrected chi connectivity index (χ4v) is 0.535. The average Bonchev–Trinajstić information content (AvgIpc) is 1.88. The number of nitrogens with zero attached hydrogens (tertiary/aromatic N) is 1. The van der Waals surface area contributed by atoms with Gasteiger partial charge in [-0.25, -0.2) is 0 Å². The normalized spacial score (nSPS) is 11.4. The van der Waals surface area contributed by atoms with Gasteiger partial charge in [0.1, 0.15) is 0 Å². The van der Waals surface area contributed by atoms with E-state index in [9.17, 15) is 9.59 Å². The molecule has 0 fully saturated rings. The Morgan fingerprint density at radius 2 is 2.18 bits per heavy atom. The lowest BCUT2D eigenvalue weighted by molar-refractivity contribution is -0.148. The van der Waals surface area contributed by atoms with Crippen LogP contribution in [0, 0.1) is 17.2 Å². The molecule has 11 heavy (non-hydrogen) atoms. The Labute approximate surface area is 64.8 Å². The molecule has 4 heteroatoms. The van der Waals surface area contributed by atoms with Gasteiger partial charge in [-0.15, -0.1) is 0 Å². The molecule has 0 heterocycles. The minimum absolute atomic E-state index is 0.185. The summed E-state index contributed by atoms with van der Waals surface area (Å²) in [5.41, 5.74) is 0. The minimum Gasteiger partial charge on any atom is -0.465 e. The van der Waals surface area contributed by atoms with Gasteiger partial charge in [-0.3, -0.25) is 9.59 Å². The highest BCUT2D eigenvalue weighted by Crippen LogP contribution is 1.99. The van der Waals surface area contributed by atoms with Gasteiger partial charge in [0.25, 0.3) is 0 Å². The molecule has 0 N–H and O–H groups in total. The van der Waals surface area contributed by atoms with Gasteiger partial charge in [0.15, 0.2) is 5.78 Å². The molecule has 1 unspecified atom stereocenters. The van der Waals surface area contributed by atoms with Crippen LogP contribution in [0.5, 0.6) is 0 Å². The van der Waals surface area contributed by atoms with Gasteiger partial charge in [-0.05, 0) is 13.8 Å². The first-order valence-electron chi connectivity index (χ1n) is 3.20. The molecule has 0 aromatic carbocycles. The molecule has 0 spiro atoms. The lowest BCUT2D eigenvalue weighted by atomic mass is 10.1. The van der Waals surface area contributed by atoms with Crippen LogP contribution in [0.3, 0.4) is 0 Å². The lowest BCUT2D eigenvalue weighted by Gasteiger charge is -2.02. The predicted molar refractivity (Wildman–Crippen MR) is 36.4 cm³/mol. The van der Waals surface area contributed by atoms with Crippen LogP contribution in [0.25, 0.3) is 0 Å². The number of carbonyl (C=O) groups excluding carboxylic acids is 2. The Morgan fingerprint density at radius 3 is 2.45 bits per heavy atom. The van der Waals surface area contributed by atoms with E-state index in [1.807, 2.05) is 0 Å². The Morgan fingerprint density at radius 1 is 1.64 bits per heavy atom. The van der Waals surface area contributed by atoms with E-state index in [1.165, 1.54) is 6.92 Å². The summed E-state index contributed by atoms with van der Waals surface area (Å²) >= 11 is 0. The van der Waals surface area contributed by atoms with Gasteiger partial charge in [0, 0.05) is 0 Å². The number of esters is 1. The van der Waals surface area contributed by atoms with Crippen molar-refractivity contribution in [2.24, 2.45) is 5.92 Å². The van der Waals surface area contributed by atoms with Gasteiger partial charge < -0.3 is 4.74 Å². The van der Waals surface area contributed by atoms with Crippen LogP contribution < -0.4 is 0 Å². The maximum absolute atomic E-state index is 10.8. The molecule has 0 rings (SSSR count). The maximum atomic E-state index is 10.8. The van der Waals surface area contributed by atoms with Gasteiger partial charge in [0.2, 0.25) is 5.92 Å². The van der Waals surface area contributed by atoms with Crippen molar-refractivity contribution < 1.29 is 14.3 Å². The van der Waals surface area contributed by atoms with Crippen LogP contribution >= 0.6 is 0 Å². The second kappa shape index (κ2) is 4.45. The first-order valence-corrected chi connectivity index (χ1v) is 3.20. The summed E-state index contributed by atoms with van der Waals surface area (Å²) in [7, 11) is 0. The lowest BCUT2D eigenvalue weighted by Crippen LogP contribution is -2.22. The topological polar surface area (TPSA) is 67.2 Å². The monoisotopic (exact) mass is 155 g/mol. The first-order chi connectivity index (χ1) is 5.13. The summed E-state index contributed by atoms with van der Waals surface area (Å²) in [6, 6.07) is 1.56. The van der Waals surface area contributed by atoms with Crippen LogP contribution in [0.15, 0.2) is 0 Å². The predicted octanol–water partition coefficient (Wildman–Crippen LogP) is 0.278. The summed E-state index contributed by atoms with van der Waals surface area (Å²) in [5.74, 6) is -2.50. The third kappa shape index (κ3) is 2.80. The van der Waals surface area contributed by atoms with E-state index in [0.29, 0.717) is 0 Å². The Balaban J connectivity index is 4.18. The number of hydrogen-bond acceptors (Lipinski definition) is 4. The smallest absolute Gasteiger partial charge is 0.331 e. The summed E-state index contributed by atoms with van der Waals surface area (Å²) in [5, 5.41) is 8.32. The van der Waals surface area contributed by atoms with Crippen molar-refractivity contribution in [3.8, 4) is 6.07 Å². The number of Topliss-reactive ketones (excluding diaryl/α,β-unsaturated/α-hetero) is 1. The van der Waals surface area contributed by atoms with Crippen molar-refractivity contribution in [3.05, 3.63) is 0 Å². The molecule has 0 saturated heterocycles. The van der Waals surface area contributed by atoms with E-state index >= 15 is 0 Å². The highest BCUT2D eigenvalue weighted by molar-refractivity contribution is 6.00. The highest BCUT2D eigenvalue weighted by atomic mass is 16.5. The molecule has 0 aromatic heterocycles. The zero-order valence-corrected chi connectivity index (χ0v) is 6.46. The Kier molecular flexibility index (Phi) is 3.89. The summed E-state index contributed by atoms with van der Waals surface area (Å²) in [6.07, 6.45) is 0. The van der Waals surface area contributed by atoms with Crippen molar-refractivity contribution >= 4 is 11.8 Å². The third-order valence-electron chi connectivity index (χ3n) is 1.06. The SMILES string of the molecule is CCOC(=O)C(C#N)C(C)=O. The third-order valence-corrected chi connectivity index (χ3v) is 1.06. The quantitative estimate of drug-likeness (QED) is 0.433. The van der Waals surface area contributed by atoms with Gasteiger partial charge in [-0.2, -0.15) is 5.26 Å². The molecule has 60 valence electrons. The maximum Gasteiger partial charge on any atom is 0.331 e. The van der Waals surface area contributed by atoms with E-state index in [4.69, 9.17) is 5.26 Å². The number of rotatable bonds is 3. The van der Waals surface area contributed by atoms with E-state index in [0.717, 1.165) is 0 Å². The first kappa shape index (κ1) is 9.63. The number of ether oxygens (including phenoxy) is 1. The van der Waals surface area contributed by atoms with E-state index in [2.05, 4.69) is 4.74 Å². The van der Waals surface area contributed by atoms with Crippen molar-refractivity contribution in [1.82, 2.24) is 0 Å². The fourth-order valence-electron chi connectivity index (χ4n) is 0.535. The molecular formula is C7H9NO3. The molecule has 0 saturated carbocycles. The zero-order valence-electron chi connectivity index (χ0n) is 6.46. The van der Waals surface area contributed by atoms with Crippen molar-refractivity contribution in [1.29, 1.82) is 5.26 Å². The highest BCUT2D eigenvalue weighted by Gasteiger charge is 2.23. The average molecular weight is 155 g/mol. The zero-order chi connectivity index (χ0) is 8.85. The summed E-state index contributed by atoms with van der Waals surface area (Å²) < 4.78 is 4.47. The second-order valence-corrected chi connectivity index (χ2v) is 1.92. The molecule has 0 amide bonds. The molecule has 0 aliphatic heterocycles. The van der Waals surface area contributed by atoms with Crippen LogP contribution in [-0.2, 0) is 14.3 Å². The number of ketones is 1. The molecule has 1 atom stereocenters. The van der Waals surface area contributed by atoms with Gasteiger partial charge in [0.05, 0.1) is 12.7 Å². The summed E-state index contributed by atoms with van der Waals surface area (Å²) in [4.78, 5) is 21.3. The van der Waals surface area contributed by atoms with E-state index in [-0.39, 0.29) is 6.61 Å². The molecule has 0 bridgehead atoms. The molecule has 0 aromatic rings. The minimum atomic E-state index is -1.25.